The van der Waals surface area contributed by atoms with Crippen molar-refractivity contribution in [1.82, 2.24) is 15.1 Å². The Morgan fingerprint density at radius 3 is 2.91 bits per heavy atom. The van der Waals surface area contributed by atoms with E-state index in [2.05, 4.69) is 17.3 Å². The van der Waals surface area contributed by atoms with Crippen molar-refractivity contribution >= 4 is 0 Å². The summed E-state index contributed by atoms with van der Waals surface area (Å²) < 4.78 is 7.56. The number of nitrogens with one attached hydrogen (secondary N) is 1. The molecule has 124 valence electrons. The average molecular weight is 315 g/mol. The van der Waals surface area contributed by atoms with E-state index in [0.717, 1.165) is 32.4 Å². The van der Waals surface area contributed by atoms with Crippen LogP contribution in [0, 0.1) is 0 Å². The maximum Gasteiger partial charge on any atom is 0.115 e. The standard InChI is InChI=1S/C18H25N3O2/c1-13(3-4-14-5-7-15(22)8-6-14)19-11-18-16-12-23-10-9-17(16)20-21(18)2/h5-8,13,19,22H,3-4,9-12H2,1-2H3. The number of ether oxygens (including phenoxy) is 1. The topological polar surface area (TPSA) is 59.3 Å². The Bertz CT molecular complexity index is 649. The predicted octanol–water partition coefficient (Wildman–Crippen LogP) is 2.31. The number of aromatic hydroxyl groups is 1. The molecule has 2 aromatic rings. The number of benzene rings is 1. The van der Waals surface area contributed by atoms with Crippen LogP contribution in [0.3, 0.4) is 0 Å². The van der Waals surface area contributed by atoms with Gasteiger partial charge in [-0.25, -0.2) is 0 Å². The minimum Gasteiger partial charge on any atom is -0.508 e. The first-order chi connectivity index (χ1) is 11.1. The quantitative estimate of drug-likeness (QED) is 0.859. The molecule has 2 N–H and O–H groups in total. The second kappa shape index (κ2) is 7.15. The molecule has 0 bridgehead atoms. The molecule has 1 unspecified atom stereocenters. The fourth-order valence-electron chi connectivity index (χ4n) is 3.01. The van der Waals surface area contributed by atoms with Crippen molar-refractivity contribution in [3.63, 3.8) is 0 Å². The fraction of sp³-hybridized carbons (Fsp3) is 0.500. The van der Waals surface area contributed by atoms with Crippen LogP contribution < -0.4 is 5.32 Å². The molecule has 2 heterocycles. The second-order valence-corrected chi connectivity index (χ2v) is 6.29. The molecule has 1 aromatic carbocycles. The summed E-state index contributed by atoms with van der Waals surface area (Å²) in [6.45, 7) is 4.49. The van der Waals surface area contributed by atoms with Gasteiger partial charge in [0, 0.05) is 31.6 Å². The lowest BCUT2D eigenvalue weighted by molar-refractivity contribution is 0.109. The van der Waals surface area contributed by atoms with Crippen LogP contribution >= 0.6 is 0 Å². The summed E-state index contributed by atoms with van der Waals surface area (Å²) in [6.07, 6.45) is 2.97. The second-order valence-electron chi connectivity index (χ2n) is 6.29. The van der Waals surface area contributed by atoms with Gasteiger partial charge >= 0.3 is 0 Å². The Balaban J connectivity index is 1.52. The van der Waals surface area contributed by atoms with Crippen molar-refractivity contribution in [1.29, 1.82) is 0 Å². The van der Waals surface area contributed by atoms with Gasteiger partial charge in [-0.3, -0.25) is 4.68 Å². The van der Waals surface area contributed by atoms with Gasteiger partial charge in [-0.15, -0.1) is 0 Å². The number of aromatic nitrogens is 2. The lowest BCUT2D eigenvalue weighted by atomic mass is 10.1. The van der Waals surface area contributed by atoms with Crippen LogP contribution in [0.4, 0.5) is 0 Å². The van der Waals surface area contributed by atoms with Gasteiger partial charge in [-0.05, 0) is 37.5 Å². The number of hydrogen-bond donors (Lipinski definition) is 2. The number of hydrogen-bond acceptors (Lipinski definition) is 4. The zero-order valence-electron chi connectivity index (χ0n) is 13.9. The van der Waals surface area contributed by atoms with Crippen molar-refractivity contribution < 1.29 is 9.84 Å². The zero-order valence-corrected chi connectivity index (χ0v) is 13.9. The largest absolute Gasteiger partial charge is 0.508 e. The summed E-state index contributed by atoms with van der Waals surface area (Å²) in [5.41, 5.74) is 4.93. The maximum atomic E-state index is 9.32. The molecule has 0 aliphatic carbocycles. The van der Waals surface area contributed by atoms with E-state index in [4.69, 9.17) is 4.74 Å². The van der Waals surface area contributed by atoms with Crippen LogP contribution in [0.2, 0.25) is 0 Å². The monoisotopic (exact) mass is 315 g/mol. The van der Waals surface area contributed by atoms with Gasteiger partial charge in [0.25, 0.3) is 0 Å². The molecule has 0 radical (unpaired) electrons. The first kappa shape index (κ1) is 16.0. The minimum atomic E-state index is 0.322. The Hall–Kier alpha value is -1.85. The Kier molecular flexibility index (Phi) is 4.98. The molecular formula is C18H25N3O2. The third-order valence-corrected chi connectivity index (χ3v) is 4.51. The van der Waals surface area contributed by atoms with Gasteiger partial charge in [0.2, 0.25) is 0 Å². The van der Waals surface area contributed by atoms with Crippen LogP contribution in [0.25, 0.3) is 0 Å². The molecule has 5 nitrogen and oxygen atoms in total. The molecule has 1 atom stereocenters. The summed E-state index contributed by atoms with van der Waals surface area (Å²) in [6, 6.07) is 7.87. The van der Waals surface area contributed by atoms with E-state index in [1.807, 2.05) is 23.9 Å². The molecule has 23 heavy (non-hydrogen) atoms. The van der Waals surface area contributed by atoms with Crippen LogP contribution in [0.5, 0.6) is 5.75 Å². The van der Waals surface area contributed by atoms with Crippen LogP contribution in [-0.4, -0.2) is 27.5 Å². The maximum absolute atomic E-state index is 9.32. The highest BCUT2D eigenvalue weighted by molar-refractivity contribution is 5.27. The van der Waals surface area contributed by atoms with E-state index >= 15 is 0 Å². The van der Waals surface area contributed by atoms with E-state index in [-0.39, 0.29) is 0 Å². The SMILES string of the molecule is CC(CCc1ccc(O)cc1)NCc1c2c(nn1C)CCOC2. The number of fused-ring (bicyclic) bond motifs is 1. The molecule has 5 heteroatoms. The molecule has 3 rings (SSSR count). The highest BCUT2D eigenvalue weighted by atomic mass is 16.5. The van der Waals surface area contributed by atoms with E-state index in [1.165, 1.54) is 22.5 Å². The molecule has 0 saturated heterocycles. The van der Waals surface area contributed by atoms with E-state index < -0.39 is 0 Å². The molecule has 0 spiro atoms. The average Bonchev–Trinajstić information content (AvgIpc) is 2.87. The van der Waals surface area contributed by atoms with Gasteiger partial charge in [0.1, 0.15) is 5.75 Å². The Morgan fingerprint density at radius 1 is 1.35 bits per heavy atom. The summed E-state index contributed by atoms with van der Waals surface area (Å²) in [5.74, 6) is 0.322. The van der Waals surface area contributed by atoms with Gasteiger partial charge in [-0.2, -0.15) is 5.10 Å². The summed E-state index contributed by atoms with van der Waals surface area (Å²) in [7, 11) is 2.01. The number of phenolic OH excluding ortho intramolecular Hbond substituents is 1. The lowest BCUT2D eigenvalue weighted by Gasteiger charge is -2.16. The molecule has 1 aliphatic rings. The number of phenols is 1. The van der Waals surface area contributed by atoms with E-state index in [0.29, 0.717) is 18.4 Å². The van der Waals surface area contributed by atoms with Crippen molar-refractivity contribution in [3.05, 3.63) is 46.8 Å². The van der Waals surface area contributed by atoms with E-state index in [1.54, 1.807) is 12.1 Å². The van der Waals surface area contributed by atoms with Gasteiger partial charge in [-0.1, -0.05) is 12.1 Å². The van der Waals surface area contributed by atoms with E-state index in [9.17, 15) is 5.11 Å². The van der Waals surface area contributed by atoms with Gasteiger partial charge < -0.3 is 15.2 Å². The molecule has 1 aliphatic heterocycles. The summed E-state index contributed by atoms with van der Waals surface area (Å²) in [4.78, 5) is 0. The molecule has 0 amide bonds. The normalized spacial score (nSPS) is 15.4. The lowest BCUT2D eigenvalue weighted by Crippen LogP contribution is -2.27. The van der Waals surface area contributed by atoms with Crippen molar-refractivity contribution in [2.24, 2.45) is 7.05 Å². The first-order valence-corrected chi connectivity index (χ1v) is 8.26. The molecule has 0 fully saturated rings. The molecule has 1 aromatic heterocycles. The van der Waals surface area contributed by atoms with Crippen LogP contribution in [0.1, 0.15) is 35.9 Å². The predicted molar refractivity (Wildman–Crippen MR) is 89.3 cm³/mol. The number of nitrogens with zero attached hydrogens (tertiary/aromatic N) is 2. The summed E-state index contributed by atoms with van der Waals surface area (Å²) >= 11 is 0. The number of aryl methyl sites for hydroxylation is 2. The first-order valence-electron chi connectivity index (χ1n) is 8.26. The van der Waals surface area contributed by atoms with Crippen molar-refractivity contribution in [3.8, 4) is 5.75 Å². The summed E-state index contributed by atoms with van der Waals surface area (Å²) in [5, 5.41) is 17.5. The Morgan fingerprint density at radius 2 is 2.13 bits per heavy atom. The number of rotatable bonds is 6. The minimum absolute atomic E-state index is 0.322. The highest BCUT2D eigenvalue weighted by Crippen LogP contribution is 2.20. The van der Waals surface area contributed by atoms with Crippen LogP contribution in [0.15, 0.2) is 24.3 Å². The fourth-order valence-corrected chi connectivity index (χ4v) is 3.01. The highest BCUT2D eigenvalue weighted by Gasteiger charge is 2.19. The van der Waals surface area contributed by atoms with Gasteiger partial charge in [0.05, 0.1) is 24.6 Å². The Labute approximate surface area is 137 Å². The zero-order chi connectivity index (χ0) is 16.2. The third-order valence-electron chi connectivity index (χ3n) is 4.51. The van der Waals surface area contributed by atoms with Crippen molar-refractivity contribution in [2.75, 3.05) is 6.61 Å². The third kappa shape index (κ3) is 3.92. The van der Waals surface area contributed by atoms with Gasteiger partial charge in [0.15, 0.2) is 0 Å². The van der Waals surface area contributed by atoms with Crippen LogP contribution in [-0.2, 0) is 37.8 Å². The smallest absolute Gasteiger partial charge is 0.115 e. The van der Waals surface area contributed by atoms with Crippen molar-refractivity contribution in [2.45, 2.75) is 45.4 Å². The molecular weight excluding hydrogens is 290 g/mol. The molecule has 0 saturated carbocycles.